The Labute approximate surface area is 281 Å². The zero-order valence-electron chi connectivity index (χ0n) is 25.2. The molecule has 3 aromatic heterocycles. The molecule has 4 unspecified atom stereocenters. The van der Waals surface area contributed by atoms with Crippen LogP contribution in [0.4, 0.5) is 19.0 Å². The van der Waals surface area contributed by atoms with Gasteiger partial charge in [-0.3, -0.25) is 32.8 Å². The number of nitrogen functional groups attached to an aromatic ring is 1. The number of rotatable bonds is 14. The SMILES string of the molecule is [C-]#[N+]CCOP(=O)([O-])OC[C@H]1O[C@@H](n2cnc3c(N)ncnc32)[C@@H](OC(F)(F)F)C1OP(=O)([O-])OC[C@H]1O[C@@H](n2ccc(=O)[nH]c2=O)[C@@H](O)C1O. The van der Waals surface area contributed by atoms with Crippen molar-refractivity contribution in [3.8, 4) is 0 Å². The van der Waals surface area contributed by atoms with Gasteiger partial charge in [-0.25, -0.2) is 26.3 Å². The van der Waals surface area contributed by atoms with Crippen molar-refractivity contribution in [2.24, 2.45) is 0 Å². The lowest BCUT2D eigenvalue weighted by Crippen LogP contribution is -2.42. The average molecular weight is 772 g/mol. The molecule has 0 aliphatic carbocycles. The summed E-state index contributed by atoms with van der Waals surface area (Å²) in [5.74, 6) is -0.201. The van der Waals surface area contributed by atoms with Crippen LogP contribution in [0.3, 0.4) is 0 Å². The maximum atomic E-state index is 13.8. The van der Waals surface area contributed by atoms with Gasteiger partial charge in [-0.05, 0) is 0 Å². The second kappa shape index (κ2) is 15.1. The van der Waals surface area contributed by atoms with Crippen LogP contribution in [-0.4, -0.2) is 109 Å². The van der Waals surface area contributed by atoms with E-state index in [0.717, 1.165) is 29.5 Å². The third kappa shape index (κ3) is 9.04. The van der Waals surface area contributed by atoms with Crippen molar-refractivity contribution in [2.45, 2.75) is 55.4 Å². The minimum absolute atomic E-state index is 0.112. The van der Waals surface area contributed by atoms with Crippen LogP contribution in [0, 0.1) is 6.57 Å². The maximum absolute atomic E-state index is 13.8. The Morgan fingerprint density at radius 3 is 2.37 bits per heavy atom. The van der Waals surface area contributed by atoms with Gasteiger partial charge in [-0.1, -0.05) is 0 Å². The van der Waals surface area contributed by atoms with Gasteiger partial charge in [0.15, 0.2) is 23.9 Å². The number of aliphatic hydroxyl groups is 2. The number of aliphatic hydroxyl groups excluding tert-OH is 2. The number of fused-ring (bicyclic) bond motifs is 1. The van der Waals surface area contributed by atoms with Gasteiger partial charge in [0.2, 0.25) is 6.54 Å². The molecule has 2 aliphatic rings. The van der Waals surface area contributed by atoms with Crippen LogP contribution in [0.25, 0.3) is 16.0 Å². The number of H-pyrrole nitrogens is 1. The zero-order valence-corrected chi connectivity index (χ0v) is 27.0. The Balaban J connectivity index is 1.40. The topological polar surface area (TPSA) is 314 Å². The smallest absolute Gasteiger partial charge is 0.523 e. The predicted octanol–water partition coefficient (Wildman–Crippen LogP) is -2.33. The summed E-state index contributed by atoms with van der Waals surface area (Å²) in [5, 5.41) is 20.8. The van der Waals surface area contributed by atoms with Crippen molar-refractivity contribution in [3.05, 3.63) is 57.2 Å². The maximum Gasteiger partial charge on any atom is 0.523 e. The third-order valence-corrected chi connectivity index (χ3v) is 9.11. The standard InChI is InChI=1S/C23H27F3N8O15P2/c1-28-3-5-43-50(39,40)44-7-11-16(17(48-23(24,25)26)21(47-11)34-9-31-13-18(27)29-8-30-19(13)34)49-51(41,42)45-6-10-14(36)15(37)20(46-10)33-4-2-12(35)32-22(33)38/h2,4,8-11,14-17,20-21,36-37H,3,5-7H2,(H,39,40)(H,41,42)(H2,27,29,30)(H,32,35,38)/p-2/t10-,11-,14?,15+,16?,17+,20-,21-/m1/s1. The second-order valence-electron chi connectivity index (χ2n) is 10.5. The molecule has 0 amide bonds. The summed E-state index contributed by atoms with van der Waals surface area (Å²) in [7, 11) is -11.1. The van der Waals surface area contributed by atoms with Crippen LogP contribution in [0.2, 0.25) is 0 Å². The average Bonchev–Trinajstić information content (AvgIpc) is 3.69. The van der Waals surface area contributed by atoms with Gasteiger partial charge >= 0.3 is 12.1 Å². The number of hydrogen-bond acceptors (Lipinski definition) is 19. The fourth-order valence-corrected chi connectivity index (χ4v) is 6.65. The molecule has 3 aromatic rings. The first-order valence-corrected chi connectivity index (χ1v) is 17.1. The van der Waals surface area contributed by atoms with E-state index in [-0.39, 0.29) is 17.0 Å². The number of nitrogens with zero attached hydrogens (tertiary/aromatic N) is 6. The molecule has 2 aliphatic heterocycles. The molecule has 0 radical (unpaired) electrons. The van der Waals surface area contributed by atoms with Crippen molar-refractivity contribution >= 4 is 32.6 Å². The van der Waals surface area contributed by atoms with Gasteiger partial charge in [0.05, 0.1) is 19.5 Å². The van der Waals surface area contributed by atoms with E-state index in [4.69, 9.17) is 35.4 Å². The van der Waals surface area contributed by atoms with E-state index in [1.54, 1.807) is 0 Å². The van der Waals surface area contributed by atoms with Crippen molar-refractivity contribution < 1.29 is 74.6 Å². The van der Waals surface area contributed by atoms with Crippen LogP contribution in [0.1, 0.15) is 12.5 Å². The highest BCUT2D eigenvalue weighted by Gasteiger charge is 2.54. The molecule has 0 saturated carbocycles. The van der Waals surface area contributed by atoms with Gasteiger partial charge in [0, 0.05) is 12.3 Å². The number of halogens is 3. The summed E-state index contributed by atoms with van der Waals surface area (Å²) < 4.78 is 102. The lowest BCUT2D eigenvalue weighted by atomic mass is 10.1. The molecule has 2 saturated heterocycles. The first-order valence-electron chi connectivity index (χ1n) is 14.1. The Morgan fingerprint density at radius 1 is 1.00 bits per heavy atom. The highest BCUT2D eigenvalue weighted by atomic mass is 31.2. The first-order chi connectivity index (χ1) is 23.9. The number of phosphoric acid groups is 2. The Hall–Kier alpha value is -3.67. The fourth-order valence-electron chi connectivity index (χ4n) is 5.00. The van der Waals surface area contributed by atoms with Gasteiger partial charge < -0.3 is 58.1 Å². The van der Waals surface area contributed by atoms with E-state index in [1.165, 1.54) is 0 Å². The summed E-state index contributed by atoms with van der Waals surface area (Å²) in [5.41, 5.74) is 3.57. The molecule has 5 N–H and O–H groups in total. The number of nitrogens with two attached hydrogens (primary N) is 1. The van der Waals surface area contributed by atoms with Crippen molar-refractivity contribution in [2.75, 3.05) is 32.1 Å². The van der Waals surface area contributed by atoms with Crippen LogP contribution in [-0.2, 0) is 41.4 Å². The van der Waals surface area contributed by atoms with E-state index in [9.17, 15) is 51.9 Å². The normalized spacial score (nSPS) is 29.1. The fraction of sp³-hybridized carbons (Fsp3) is 0.565. The first kappa shape index (κ1) is 38.6. The van der Waals surface area contributed by atoms with Gasteiger partial charge in [-0.2, -0.15) is 0 Å². The number of imidazole rings is 1. The Bertz CT molecular complexity index is 1970. The molecule has 2 fully saturated rings. The minimum Gasteiger partial charge on any atom is -0.756 e. The predicted molar refractivity (Wildman–Crippen MR) is 151 cm³/mol. The molecule has 280 valence electrons. The summed E-state index contributed by atoms with van der Waals surface area (Å²) in [6, 6.07) is 0.893. The van der Waals surface area contributed by atoms with E-state index in [2.05, 4.69) is 29.1 Å². The molecular formula is C23H25F3N8O15P2-2. The highest BCUT2D eigenvalue weighted by Crippen LogP contribution is 2.49. The Morgan fingerprint density at radius 2 is 1.69 bits per heavy atom. The monoisotopic (exact) mass is 772 g/mol. The largest absolute Gasteiger partial charge is 0.756 e. The minimum atomic E-state index is -5.84. The lowest BCUT2D eigenvalue weighted by Gasteiger charge is -2.32. The summed E-state index contributed by atoms with van der Waals surface area (Å²) in [6.45, 7) is 3.28. The molecule has 5 heterocycles. The van der Waals surface area contributed by atoms with Crippen LogP contribution >= 0.6 is 15.6 Å². The molecule has 51 heavy (non-hydrogen) atoms. The van der Waals surface area contributed by atoms with Gasteiger partial charge in [0.1, 0.15) is 55.1 Å². The molecule has 23 nitrogen and oxygen atoms in total. The number of alkyl halides is 3. The van der Waals surface area contributed by atoms with E-state index in [0.29, 0.717) is 4.57 Å². The number of anilines is 1. The number of ether oxygens (including phenoxy) is 3. The van der Waals surface area contributed by atoms with Gasteiger partial charge in [-0.15, -0.1) is 13.2 Å². The molecular weight excluding hydrogens is 747 g/mol. The van der Waals surface area contributed by atoms with Crippen molar-refractivity contribution in [3.63, 3.8) is 0 Å². The number of aromatic amines is 1. The van der Waals surface area contributed by atoms with Gasteiger partial charge in [0.25, 0.3) is 21.2 Å². The number of hydrogen-bond donors (Lipinski definition) is 4. The van der Waals surface area contributed by atoms with E-state index in [1.807, 2.05) is 4.98 Å². The number of phosphoric ester groups is 2. The molecule has 0 aromatic carbocycles. The van der Waals surface area contributed by atoms with Crippen LogP contribution < -0.4 is 26.8 Å². The zero-order chi connectivity index (χ0) is 37.3. The molecule has 28 heteroatoms. The van der Waals surface area contributed by atoms with Crippen molar-refractivity contribution in [1.82, 2.24) is 29.1 Å². The lowest BCUT2D eigenvalue weighted by molar-refractivity contribution is -0.356. The number of nitrogens with one attached hydrogen (secondary N) is 1. The summed E-state index contributed by atoms with van der Waals surface area (Å²) in [4.78, 5) is 65.2. The highest BCUT2D eigenvalue weighted by molar-refractivity contribution is 7.46. The van der Waals surface area contributed by atoms with Crippen LogP contribution in [0.5, 0.6) is 0 Å². The van der Waals surface area contributed by atoms with E-state index >= 15 is 0 Å². The summed E-state index contributed by atoms with van der Waals surface area (Å²) >= 11 is 0. The van der Waals surface area contributed by atoms with Crippen LogP contribution in [0.15, 0.2) is 34.5 Å². The molecule has 0 spiro atoms. The second-order valence-corrected chi connectivity index (χ2v) is 13.3. The van der Waals surface area contributed by atoms with E-state index < -0.39 is 109 Å². The number of aromatic nitrogens is 6. The molecule has 0 bridgehead atoms. The molecule has 10 atom stereocenters. The quantitative estimate of drug-likeness (QED) is 0.0758. The molecule has 5 rings (SSSR count). The van der Waals surface area contributed by atoms with Crippen molar-refractivity contribution in [1.29, 1.82) is 0 Å². The Kier molecular flexibility index (Phi) is 11.4. The third-order valence-electron chi connectivity index (χ3n) is 7.18. The summed E-state index contributed by atoms with van der Waals surface area (Å²) in [6.07, 6.45) is -18.8.